The van der Waals surface area contributed by atoms with Gasteiger partial charge in [0, 0.05) is 5.69 Å². The Morgan fingerprint density at radius 2 is 1.78 bits per heavy atom. The zero-order valence-corrected chi connectivity index (χ0v) is 10.6. The second-order valence-electron chi connectivity index (χ2n) is 3.92. The molecule has 0 spiro atoms. The van der Waals surface area contributed by atoms with Crippen LogP contribution < -0.4 is 15.2 Å². The van der Waals surface area contributed by atoms with Gasteiger partial charge in [0.15, 0.2) is 11.5 Å². The lowest BCUT2D eigenvalue weighted by Gasteiger charge is -2.11. The highest BCUT2D eigenvalue weighted by atomic mass is 16.5. The van der Waals surface area contributed by atoms with Crippen LogP contribution in [-0.2, 0) is 0 Å². The van der Waals surface area contributed by atoms with Gasteiger partial charge in [-0.2, -0.15) is 0 Å². The number of anilines is 1. The highest BCUT2D eigenvalue weighted by molar-refractivity contribution is 5.70. The van der Waals surface area contributed by atoms with Gasteiger partial charge in [0.25, 0.3) is 0 Å². The number of nitrogens with two attached hydrogens (primary N) is 1. The summed E-state index contributed by atoms with van der Waals surface area (Å²) < 4.78 is 10.8. The first-order valence-corrected chi connectivity index (χ1v) is 5.91. The highest BCUT2D eigenvalue weighted by Crippen LogP contribution is 2.32. The molecule has 2 aromatic rings. The molecule has 0 aliphatic carbocycles. The molecule has 0 saturated carbocycles. The second kappa shape index (κ2) is 5.45. The van der Waals surface area contributed by atoms with Crippen molar-refractivity contribution in [2.75, 3.05) is 19.5 Å². The average molecular weight is 243 g/mol. The molecule has 2 rings (SSSR count). The molecule has 18 heavy (non-hydrogen) atoms. The van der Waals surface area contributed by atoms with Gasteiger partial charge in [0.1, 0.15) is 0 Å². The van der Waals surface area contributed by atoms with Crippen LogP contribution in [0.3, 0.4) is 0 Å². The maximum absolute atomic E-state index is 5.79. The summed E-state index contributed by atoms with van der Waals surface area (Å²) in [6.45, 7) is 2.56. The lowest BCUT2D eigenvalue weighted by atomic mass is 10.0. The Labute approximate surface area is 107 Å². The predicted molar refractivity (Wildman–Crippen MR) is 74.0 cm³/mol. The van der Waals surface area contributed by atoms with E-state index in [9.17, 15) is 0 Å². The van der Waals surface area contributed by atoms with Crippen LogP contribution in [-0.4, -0.2) is 13.7 Å². The van der Waals surface area contributed by atoms with Crippen molar-refractivity contribution in [3.63, 3.8) is 0 Å². The summed E-state index contributed by atoms with van der Waals surface area (Å²) in [7, 11) is 1.64. The van der Waals surface area contributed by atoms with Gasteiger partial charge in [-0.1, -0.05) is 18.2 Å². The molecule has 3 nitrogen and oxygen atoms in total. The third kappa shape index (κ3) is 2.56. The quantitative estimate of drug-likeness (QED) is 0.837. The number of hydrogen-bond donors (Lipinski definition) is 1. The van der Waals surface area contributed by atoms with Gasteiger partial charge in [-0.25, -0.2) is 0 Å². The molecule has 94 valence electrons. The van der Waals surface area contributed by atoms with Crippen molar-refractivity contribution in [3.05, 3.63) is 42.5 Å². The Hall–Kier alpha value is -2.16. The standard InChI is InChI=1S/C15H17NO2/c1-3-18-15-10-12(7-8-14(15)17-2)11-5-4-6-13(16)9-11/h4-10H,3,16H2,1-2H3. The van der Waals surface area contributed by atoms with E-state index in [2.05, 4.69) is 0 Å². The molecule has 0 fully saturated rings. The molecular formula is C15H17NO2. The van der Waals surface area contributed by atoms with E-state index in [4.69, 9.17) is 15.2 Å². The summed E-state index contributed by atoms with van der Waals surface area (Å²) in [6, 6.07) is 13.6. The van der Waals surface area contributed by atoms with E-state index in [1.54, 1.807) is 7.11 Å². The first-order valence-electron chi connectivity index (χ1n) is 5.91. The third-order valence-electron chi connectivity index (χ3n) is 2.68. The van der Waals surface area contributed by atoms with Crippen LogP contribution in [0.15, 0.2) is 42.5 Å². The van der Waals surface area contributed by atoms with E-state index in [1.165, 1.54) is 0 Å². The fourth-order valence-electron chi connectivity index (χ4n) is 1.84. The monoisotopic (exact) mass is 243 g/mol. The minimum absolute atomic E-state index is 0.608. The van der Waals surface area contributed by atoms with E-state index in [-0.39, 0.29) is 0 Å². The van der Waals surface area contributed by atoms with Crippen molar-refractivity contribution in [2.45, 2.75) is 6.92 Å². The number of hydrogen-bond acceptors (Lipinski definition) is 3. The van der Waals surface area contributed by atoms with Crippen LogP contribution in [0.1, 0.15) is 6.92 Å². The Morgan fingerprint density at radius 3 is 2.44 bits per heavy atom. The molecule has 2 aromatic carbocycles. The lowest BCUT2D eigenvalue weighted by molar-refractivity contribution is 0.311. The van der Waals surface area contributed by atoms with Crippen LogP contribution in [0.25, 0.3) is 11.1 Å². The van der Waals surface area contributed by atoms with Gasteiger partial charge < -0.3 is 15.2 Å². The number of nitrogen functional groups attached to an aromatic ring is 1. The number of benzene rings is 2. The number of rotatable bonds is 4. The van der Waals surface area contributed by atoms with E-state index < -0.39 is 0 Å². The summed E-state index contributed by atoms with van der Waals surface area (Å²) in [5.41, 5.74) is 8.67. The third-order valence-corrected chi connectivity index (χ3v) is 2.68. The van der Waals surface area contributed by atoms with Crippen molar-refractivity contribution >= 4 is 5.69 Å². The zero-order chi connectivity index (χ0) is 13.0. The van der Waals surface area contributed by atoms with Crippen LogP contribution in [0.4, 0.5) is 5.69 Å². The molecule has 0 aliphatic rings. The second-order valence-corrected chi connectivity index (χ2v) is 3.92. The summed E-state index contributed by atoms with van der Waals surface area (Å²) in [5.74, 6) is 1.49. The Morgan fingerprint density at radius 1 is 1.00 bits per heavy atom. The largest absolute Gasteiger partial charge is 0.493 e. The Bertz CT molecular complexity index is 538. The Kier molecular flexibility index (Phi) is 3.72. The predicted octanol–water partition coefficient (Wildman–Crippen LogP) is 3.34. The molecule has 0 amide bonds. The van der Waals surface area contributed by atoms with Crippen molar-refractivity contribution in [1.82, 2.24) is 0 Å². The van der Waals surface area contributed by atoms with Gasteiger partial charge >= 0.3 is 0 Å². The normalized spacial score (nSPS) is 10.1. The summed E-state index contributed by atoms with van der Waals surface area (Å²) in [5, 5.41) is 0. The van der Waals surface area contributed by atoms with Crippen LogP contribution in [0.5, 0.6) is 11.5 Å². The fourth-order valence-corrected chi connectivity index (χ4v) is 1.84. The molecule has 0 unspecified atom stereocenters. The molecule has 3 heteroatoms. The summed E-state index contributed by atoms with van der Waals surface area (Å²) >= 11 is 0. The van der Waals surface area contributed by atoms with Gasteiger partial charge in [0.05, 0.1) is 13.7 Å². The first-order chi connectivity index (χ1) is 8.74. The van der Waals surface area contributed by atoms with Gasteiger partial charge in [-0.3, -0.25) is 0 Å². The molecule has 2 N–H and O–H groups in total. The SMILES string of the molecule is CCOc1cc(-c2cccc(N)c2)ccc1OC. The first kappa shape index (κ1) is 12.3. The molecule has 0 bridgehead atoms. The summed E-state index contributed by atoms with van der Waals surface area (Å²) in [6.07, 6.45) is 0. The van der Waals surface area contributed by atoms with Crippen LogP contribution in [0, 0.1) is 0 Å². The van der Waals surface area contributed by atoms with Crippen LogP contribution in [0.2, 0.25) is 0 Å². The smallest absolute Gasteiger partial charge is 0.161 e. The van der Waals surface area contributed by atoms with E-state index in [0.717, 1.165) is 28.3 Å². The van der Waals surface area contributed by atoms with E-state index >= 15 is 0 Å². The number of ether oxygens (including phenoxy) is 2. The molecule has 0 radical (unpaired) electrons. The minimum Gasteiger partial charge on any atom is -0.493 e. The van der Waals surface area contributed by atoms with Gasteiger partial charge in [-0.15, -0.1) is 0 Å². The fraction of sp³-hybridized carbons (Fsp3) is 0.200. The average Bonchev–Trinajstić information content (AvgIpc) is 2.39. The van der Waals surface area contributed by atoms with E-state index in [0.29, 0.717) is 6.61 Å². The van der Waals surface area contributed by atoms with Gasteiger partial charge in [0.2, 0.25) is 0 Å². The maximum atomic E-state index is 5.79. The highest BCUT2D eigenvalue weighted by Gasteiger charge is 2.06. The van der Waals surface area contributed by atoms with Crippen molar-refractivity contribution in [1.29, 1.82) is 0 Å². The van der Waals surface area contributed by atoms with Crippen LogP contribution >= 0.6 is 0 Å². The summed E-state index contributed by atoms with van der Waals surface area (Å²) in [4.78, 5) is 0. The van der Waals surface area contributed by atoms with Crippen molar-refractivity contribution < 1.29 is 9.47 Å². The molecular weight excluding hydrogens is 226 g/mol. The van der Waals surface area contributed by atoms with E-state index in [1.807, 2.05) is 49.4 Å². The molecule has 0 heterocycles. The van der Waals surface area contributed by atoms with Gasteiger partial charge in [-0.05, 0) is 42.3 Å². The molecule has 0 aliphatic heterocycles. The zero-order valence-electron chi connectivity index (χ0n) is 10.6. The lowest BCUT2D eigenvalue weighted by Crippen LogP contribution is -1.95. The maximum Gasteiger partial charge on any atom is 0.161 e. The molecule has 0 saturated heterocycles. The number of methoxy groups -OCH3 is 1. The minimum atomic E-state index is 0.608. The van der Waals surface area contributed by atoms with Crippen molar-refractivity contribution in [2.24, 2.45) is 0 Å². The van der Waals surface area contributed by atoms with Crippen molar-refractivity contribution in [3.8, 4) is 22.6 Å². The molecule has 0 aromatic heterocycles. The Balaban J connectivity index is 2.43. The molecule has 0 atom stereocenters. The topological polar surface area (TPSA) is 44.5 Å².